The molecule has 2 N–H and O–H groups in total. The van der Waals surface area contributed by atoms with Crippen LogP contribution in [0.5, 0.6) is 0 Å². The highest BCUT2D eigenvalue weighted by Gasteiger charge is 2.18. The molecule has 144 valence electrons. The van der Waals surface area contributed by atoms with Crippen LogP contribution in [-0.4, -0.2) is 68.1 Å². The molecule has 2 saturated heterocycles. The van der Waals surface area contributed by atoms with Gasteiger partial charge >= 0.3 is 0 Å². The Morgan fingerprint density at radius 2 is 1.85 bits per heavy atom. The van der Waals surface area contributed by atoms with E-state index in [0.717, 1.165) is 70.7 Å². The average Bonchev–Trinajstić information content (AvgIpc) is 2.66. The predicted molar refractivity (Wildman–Crippen MR) is 111 cm³/mol. The molecule has 0 spiro atoms. The van der Waals surface area contributed by atoms with E-state index in [9.17, 15) is 0 Å². The normalized spacial score (nSPS) is 20.6. The number of aryl methyl sites for hydroxylation is 1. The van der Waals surface area contributed by atoms with E-state index in [1.807, 2.05) is 0 Å². The monoisotopic (exact) mass is 357 g/mol. The highest BCUT2D eigenvalue weighted by molar-refractivity contribution is 5.78. The minimum Gasteiger partial charge on any atom is -0.370 e. The maximum absolute atomic E-state index is 6.16. The molecule has 0 aliphatic carbocycles. The van der Waals surface area contributed by atoms with Gasteiger partial charge in [-0.2, -0.15) is 0 Å². The number of nitrogens with two attached hydrogens (primary N) is 1. The molecule has 0 amide bonds. The van der Waals surface area contributed by atoms with Gasteiger partial charge in [0.25, 0.3) is 0 Å². The van der Waals surface area contributed by atoms with Gasteiger partial charge in [0, 0.05) is 58.0 Å². The van der Waals surface area contributed by atoms with Crippen molar-refractivity contribution < 1.29 is 0 Å². The molecule has 3 rings (SSSR count). The molecule has 0 bridgehead atoms. The van der Waals surface area contributed by atoms with E-state index < -0.39 is 0 Å². The second-order valence-corrected chi connectivity index (χ2v) is 7.93. The average molecular weight is 358 g/mol. The molecule has 5 nitrogen and oxygen atoms in total. The highest BCUT2D eigenvalue weighted by atomic mass is 15.3. The topological polar surface area (TPSA) is 48.1 Å². The quantitative estimate of drug-likeness (QED) is 0.500. The van der Waals surface area contributed by atoms with Crippen LogP contribution >= 0.6 is 0 Å². The van der Waals surface area contributed by atoms with E-state index in [1.165, 1.54) is 24.1 Å². The van der Waals surface area contributed by atoms with Crippen molar-refractivity contribution in [3.05, 3.63) is 29.8 Å². The Bertz CT molecular complexity index is 584. The van der Waals surface area contributed by atoms with Crippen molar-refractivity contribution in [2.75, 3.05) is 57.3 Å². The Balaban J connectivity index is 1.34. The van der Waals surface area contributed by atoms with Gasteiger partial charge in [-0.3, -0.25) is 9.89 Å². The summed E-state index contributed by atoms with van der Waals surface area (Å²) in [6.07, 6.45) is 3.57. The zero-order chi connectivity index (χ0) is 18.4. The molecule has 26 heavy (non-hydrogen) atoms. The van der Waals surface area contributed by atoms with Crippen LogP contribution in [-0.2, 0) is 0 Å². The number of rotatable bonds is 5. The van der Waals surface area contributed by atoms with E-state index in [-0.39, 0.29) is 0 Å². The Hall–Kier alpha value is -1.75. The van der Waals surface area contributed by atoms with E-state index in [4.69, 9.17) is 5.73 Å². The third-order valence-corrected chi connectivity index (χ3v) is 5.75. The highest BCUT2D eigenvalue weighted by Crippen LogP contribution is 2.18. The Kier molecular flexibility index (Phi) is 6.78. The van der Waals surface area contributed by atoms with E-state index in [2.05, 4.69) is 57.8 Å². The van der Waals surface area contributed by atoms with Crippen LogP contribution in [0.1, 0.15) is 31.7 Å². The third-order valence-electron chi connectivity index (χ3n) is 5.75. The van der Waals surface area contributed by atoms with Crippen molar-refractivity contribution in [1.29, 1.82) is 0 Å². The zero-order valence-electron chi connectivity index (χ0n) is 16.5. The molecule has 0 saturated carbocycles. The summed E-state index contributed by atoms with van der Waals surface area (Å²) in [4.78, 5) is 11.9. The number of guanidine groups is 1. The van der Waals surface area contributed by atoms with Gasteiger partial charge in [0.15, 0.2) is 5.96 Å². The lowest BCUT2D eigenvalue weighted by atomic mass is 10.00. The number of nitrogens with zero attached hydrogens (tertiary/aromatic N) is 4. The number of benzene rings is 1. The van der Waals surface area contributed by atoms with Crippen LogP contribution in [0.25, 0.3) is 0 Å². The lowest BCUT2D eigenvalue weighted by Crippen LogP contribution is -2.46. The van der Waals surface area contributed by atoms with Gasteiger partial charge in [0.2, 0.25) is 0 Å². The zero-order valence-corrected chi connectivity index (χ0v) is 16.5. The van der Waals surface area contributed by atoms with E-state index in [0.29, 0.717) is 0 Å². The van der Waals surface area contributed by atoms with Crippen molar-refractivity contribution in [2.24, 2.45) is 16.6 Å². The van der Waals surface area contributed by atoms with Gasteiger partial charge in [-0.15, -0.1) is 0 Å². The summed E-state index contributed by atoms with van der Waals surface area (Å²) in [6.45, 7) is 13.1. The molecule has 2 heterocycles. The molecule has 5 heteroatoms. The fourth-order valence-electron chi connectivity index (χ4n) is 3.88. The van der Waals surface area contributed by atoms with Gasteiger partial charge in [-0.25, -0.2) is 0 Å². The van der Waals surface area contributed by atoms with Gasteiger partial charge in [0.05, 0.1) is 0 Å². The van der Waals surface area contributed by atoms with Crippen LogP contribution in [0.3, 0.4) is 0 Å². The first-order chi connectivity index (χ1) is 12.6. The SMILES string of the molecule is Cc1cccc(N2CCN(CCCN=C(N)N3CCC(C)CC3)CC2)c1. The van der Waals surface area contributed by atoms with Crippen molar-refractivity contribution in [3.63, 3.8) is 0 Å². The standard InChI is InChI=1S/C21H35N5/c1-18-7-11-26(12-8-18)21(22)23-9-4-10-24-13-15-25(16-14-24)20-6-3-5-19(2)17-20/h3,5-6,17-18H,4,7-16H2,1-2H3,(H2,22,23). The van der Waals surface area contributed by atoms with Crippen LogP contribution < -0.4 is 10.6 Å². The van der Waals surface area contributed by atoms with Crippen LogP contribution in [0.4, 0.5) is 5.69 Å². The van der Waals surface area contributed by atoms with Gasteiger partial charge in [0.1, 0.15) is 0 Å². The molecule has 1 aromatic rings. The largest absolute Gasteiger partial charge is 0.370 e. The minimum absolute atomic E-state index is 0.751. The molecule has 0 unspecified atom stereocenters. The van der Waals surface area contributed by atoms with E-state index in [1.54, 1.807) is 0 Å². The van der Waals surface area contributed by atoms with Crippen LogP contribution in [0.2, 0.25) is 0 Å². The predicted octanol–water partition coefficient (Wildman–Crippen LogP) is 2.55. The summed E-state index contributed by atoms with van der Waals surface area (Å²) >= 11 is 0. The van der Waals surface area contributed by atoms with Gasteiger partial charge in [-0.1, -0.05) is 19.1 Å². The molecule has 0 radical (unpaired) electrons. The molecular formula is C21H35N5. The summed E-state index contributed by atoms with van der Waals surface area (Å²) in [7, 11) is 0. The fourth-order valence-corrected chi connectivity index (χ4v) is 3.88. The van der Waals surface area contributed by atoms with Gasteiger partial charge < -0.3 is 15.5 Å². The summed E-state index contributed by atoms with van der Waals surface area (Å²) in [5.74, 6) is 1.58. The number of hydrogen-bond acceptors (Lipinski definition) is 3. The third kappa shape index (κ3) is 5.37. The number of piperazine rings is 1. The van der Waals surface area contributed by atoms with E-state index >= 15 is 0 Å². The summed E-state index contributed by atoms with van der Waals surface area (Å²) < 4.78 is 0. The van der Waals surface area contributed by atoms with Crippen molar-refractivity contribution in [3.8, 4) is 0 Å². The second kappa shape index (κ2) is 9.26. The number of hydrogen-bond donors (Lipinski definition) is 1. The number of anilines is 1. The maximum atomic E-state index is 6.16. The summed E-state index contributed by atoms with van der Waals surface area (Å²) in [5, 5.41) is 0. The van der Waals surface area contributed by atoms with Crippen LogP contribution in [0, 0.1) is 12.8 Å². The number of piperidine rings is 1. The first-order valence-electron chi connectivity index (χ1n) is 10.2. The molecule has 0 atom stereocenters. The Morgan fingerprint density at radius 1 is 1.12 bits per heavy atom. The Morgan fingerprint density at radius 3 is 2.54 bits per heavy atom. The van der Waals surface area contributed by atoms with Crippen molar-refractivity contribution in [2.45, 2.75) is 33.1 Å². The lowest BCUT2D eigenvalue weighted by Gasteiger charge is -2.36. The second-order valence-electron chi connectivity index (χ2n) is 7.93. The summed E-state index contributed by atoms with van der Waals surface area (Å²) in [6, 6.07) is 8.83. The molecule has 1 aromatic carbocycles. The van der Waals surface area contributed by atoms with Gasteiger partial charge in [-0.05, 0) is 49.8 Å². The Labute approximate surface area is 158 Å². The first-order valence-corrected chi connectivity index (χ1v) is 10.2. The first kappa shape index (κ1) is 19.0. The summed E-state index contributed by atoms with van der Waals surface area (Å²) in [5.41, 5.74) is 8.86. The smallest absolute Gasteiger partial charge is 0.191 e. The minimum atomic E-state index is 0.751. The fraction of sp³-hybridized carbons (Fsp3) is 0.667. The van der Waals surface area contributed by atoms with Crippen molar-refractivity contribution >= 4 is 11.6 Å². The molecule has 2 aliphatic rings. The van der Waals surface area contributed by atoms with Crippen LogP contribution in [0.15, 0.2) is 29.3 Å². The van der Waals surface area contributed by atoms with Crippen molar-refractivity contribution in [1.82, 2.24) is 9.80 Å². The number of likely N-dealkylation sites (tertiary alicyclic amines) is 1. The molecular weight excluding hydrogens is 322 g/mol. The molecule has 0 aromatic heterocycles. The molecule has 2 fully saturated rings. The molecule has 2 aliphatic heterocycles. The number of aliphatic imine (C=N–C) groups is 1. The lowest BCUT2D eigenvalue weighted by molar-refractivity contribution is 0.255. The maximum Gasteiger partial charge on any atom is 0.191 e.